The molecule has 0 aliphatic rings. The highest BCUT2D eigenvalue weighted by Gasteiger charge is 2.06. The van der Waals surface area contributed by atoms with Gasteiger partial charge in [-0.1, -0.05) is 0 Å². The molecular formula is C15H19N3O2. The van der Waals surface area contributed by atoms with Crippen molar-refractivity contribution in [3.8, 4) is 11.5 Å². The van der Waals surface area contributed by atoms with E-state index < -0.39 is 0 Å². The van der Waals surface area contributed by atoms with Gasteiger partial charge in [0.1, 0.15) is 11.5 Å². The molecule has 0 atom stereocenters. The highest BCUT2D eigenvalue weighted by atomic mass is 16.5. The number of benzene rings is 1. The van der Waals surface area contributed by atoms with Gasteiger partial charge in [-0.3, -0.25) is 9.97 Å². The molecule has 20 heavy (non-hydrogen) atoms. The van der Waals surface area contributed by atoms with E-state index in [1.807, 2.05) is 32.0 Å². The second kappa shape index (κ2) is 7.33. The van der Waals surface area contributed by atoms with Gasteiger partial charge in [-0.15, -0.1) is 0 Å². The van der Waals surface area contributed by atoms with E-state index in [-0.39, 0.29) is 0 Å². The van der Waals surface area contributed by atoms with E-state index in [9.17, 15) is 0 Å². The summed E-state index contributed by atoms with van der Waals surface area (Å²) in [6.07, 6.45) is 5.07. The lowest BCUT2D eigenvalue weighted by molar-refractivity contribution is 0.332. The van der Waals surface area contributed by atoms with Crippen LogP contribution in [0.1, 0.15) is 19.5 Å². The summed E-state index contributed by atoms with van der Waals surface area (Å²) in [5.74, 6) is 1.62. The molecule has 0 unspecified atom stereocenters. The van der Waals surface area contributed by atoms with Crippen molar-refractivity contribution in [3.05, 3.63) is 42.5 Å². The van der Waals surface area contributed by atoms with Crippen LogP contribution < -0.4 is 14.8 Å². The van der Waals surface area contributed by atoms with Crippen LogP contribution >= 0.6 is 0 Å². The van der Waals surface area contributed by atoms with Gasteiger partial charge in [0.2, 0.25) is 0 Å². The lowest BCUT2D eigenvalue weighted by Gasteiger charge is -2.14. The lowest BCUT2D eigenvalue weighted by atomic mass is 10.2. The highest BCUT2D eigenvalue weighted by molar-refractivity contribution is 5.59. The van der Waals surface area contributed by atoms with Crippen LogP contribution in [0.3, 0.4) is 0 Å². The number of hydrogen-bond donors (Lipinski definition) is 1. The van der Waals surface area contributed by atoms with Gasteiger partial charge in [0.05, 0.1) is 37.3 Å². The number of nitrogens with zero attached hydrogens (tertiary/aromatic N) is 2. The Morgan fingerprint density at radius 2 is 1.95 bits per heavy atom. The van der Waals surface area contributed by atoms with Crippen molar-refractivity contribution in [2.75, 3.05) is 18.5 Å². The molecule has 0 spiro atoms. The summed E-state index contributed by atoms with van der Waals surface area (Å²) in [6, 6.07) is 5.75. The first-order valence-electron chi connectivity index (χ1n) is 6.72. The largest absolute Gasteiger partial charge is 0.494 e. The van der Waals surface area contributed by atoms with Crippen molar-refractivity contribution in [2.24, 2.45) is 0 Å². The number of aromatic nitrogens is 2. The van der Waals surface area contributed by atoms with E-state index in [4.69, 9.17) is 9.47 Å². The summed E-state index contributed by atoms with van der Waals surface area (Å²) in [4.78, 5) is 8.28. The number of anilines is 1. The number of ether oxygens (including phenoxy) is 2. The van der Waals surface area contributed by atoms with Crippen LogP contribution in [-0.2, 0) is 6.54 Å². The van der Waals surface area contributed by atoms with Gasteiger partial charge < -0.3 is 14.8 Å². The standard InChI is InChI=1S/C15H19N3O2/c1-3-19-13-5-6-15(20-4-2)14(9-13)18-11-12-10-16-7-8-17-12/h5-10,18H,3-4,11H2,1-2H3. The van der Waals surface area contributed by atoms with Crippen LogP contribution in [0.2, 0.25) is 0 Å². The van der Waals surface area contributed by atoms with E-state index in [2.05, 4.69) is 15.3 Å². The molecule has 2 aromatic rings. The molecule has 0 fully saturated rings. The maximum atomic E-state index is 5.60. The average Bonchev–Trinajstić information content (AvgIpc) is 2.49. The zero-order valence-corrected chi connectivity index (χ0v) is 11.8. The Balaban J connectivity index is 2.12. The van der Waals surface area contributed by atoms with E-state index in [0.29, 0.717) is 19.8 Å². The predicted molar refractivity (Wildman–Crippen MR) is 78.1 cm³/mol. The quantitative estimate of drug-likeness (QED) is 0.840. The molecule has 5 heteroatoms. The van der Waals surface area contributed by atoms with Gasteiger partial charge in [0.25, 0.3) is 0 Å². The summed E-state index contributed by atoms with van der Waals surface area (Å²) in [7, 11) is 0. The molecule has 106 valence electrons. The smallest absolute Gasteiger partial charge is 0.142 e. The van der Waals surface area contributed by atoms with E-state index >= 15 is 0 Å². The fourth-order valence-electron chi connectivity index (χ4n) is 1.79. The van der Waals surface area contributed by atoms with Crippen molar-refractivity contribution in [3.63, 3.8) is 0 Å². The van der Waals surface area contributed by atoms with Crippen LogP contribution in [0, 0.1) is 0 Å². The number of hydrogen-bond acceptors (Lipinski definition) is 5. The molecule has 0 saturated heterocycles. The van der Waals surface area contributed by atoms with Gasteiger partial charge in [-0.2, -0.15) is 0 Å². The van der Waals surface area contributed by atoms with Crippen molar-refractivity contribution in [2.45, 2.75) is 20.4 Å². The summed E-state index contributed by atoms with van der Waals surface area (Å²) in [5.41, 5.74) is 1.76. The van der Waals surface area contributed by atoms with Crippen molar-refractivity contribution >= 4 is 5.69 Å². The Bertz CT molecular complexity index is 532. The van der Waals surface area contributed by atoms with Gasteiger partial charge >= 0.3 is 0 Å². The van der Waals surface area contributed by atoms with Gasteiger partial charge in [0.15, 0.2) is 0 Å². The third kappa shape index (κ3) is 3.85. The molecule has 0 aliphatic heterocycles. The molecule has 0 amide bonds. The minimum Gasteiger partial charge on any atom is -0.494 e. The van der Waals surface area contributed by atoms with Gasteiger partial charge in [0, 0.05) is 18.5 Å². The van der Waals surface area contributed by atoms with Crippen molar-refractivity contribution in [1.82, 2.24) is 9.97 Å². The topological polar surface area (TPSA) is 56.3 Å². The maximum absolute atomic E-state index is 5.60. The molecule has 2 rings (SSSR count). The Morgan fingerprint density at radius 3 is 2.65 bits per heavy atom. The third-order valence-corrected chi connectivity index (χ3v) is 2.64. The van der Waals surface area contributed by atoms with E-state index in [1.54, 1.807) is 18.6 Å². The Kier molecular flexibility index (Phi) is 5.17. The Morgan fingerprint density at radius 1 is 1.10 bits per heavy atom. The summed E-state index contributed by atoms with van der Waals surface area (Å²) < 4.78 is 11.1. The predicted octanol–water partition coefficient (Wildman–Crippen LogP) is 2.89. The fraction of sp³-hybridized carbons (Fsp3) is 0.333. The Hall–Kier alpha value is -2.30. The molecule has 5 nitrogen and oxygen atoms in total. The zero-order valence-electron chi connectivity index (χ0n) is 11.8. The van der Waals surface area contributed by atoms with Crippen molar-refractivity contribution in [1.29, 1.82) is 0 Å². The van der Waals surface area contributed by atoms with E-state index in [1.165, 1.54) is 0 Å². The summed E-state index contributed by atoms with van der Waals surface area (Å²) in [5, 5.41) is 3.31. The molecule has 0 saturated carbocycles. The Labute approximate surface area is 119 Å². The first-order valence-corrected chi connectivity index (χ1v) is 6.72. The van der Waals surface area contributed by atoms with E-state index in [0.717, 1.165) is 22.9 Å². The SMILES string of the molecule is CCOc1ccc(OCC)c(NCc2cnccn2)c1. The third-order valence-electron chi connectivity index (χ3n) is 2.64. The first-order chi connectivity index (χ1) is 9.83. The van der Waals surface area contributed by atoms with Crippen LogP contribution in [0.25, 0.3) is 0 Å². The zero-order chi connectivity index (χ0) is 14.2. The van der Waals surface area contributed by atoms with Crippen LogP contribution in [0.15, 0.2) is 36.8 Å². The molecule has 1 N–H and O–H groups in total. The molecule has 0 radical (unpaired) electrons. The minimum atomic E-state index is 0.587. The second-order valence-corrected chi connectivity index (χ2v) is 4.07. The van der Waals surface area contributed by atoms with Crippen molar-refractivity contribution < 1.29 is 9.47 Å². The molecule has 1 aromatic carbocycles. The average molecular weight is 273 g/mol. The summed E-state index contributed by atoms with van der Waals surface area (Å²) >= 11 is 0. The number of rotatable bonds is 7. The monoisotopic (exact) mass is 273 g/mol. The molecule has 0 bridgehead atoms. The molecule has 1 heterocycles. The number of nitrogens with one attached hydrogen (secondary N) is 1. The highest BCUT2D eigenvalue weighted by Crippen LogP contribution is 2.29. The summed E-state index contributed by atoms with van der Waals surface area (Å²) in [6.45, 7) is 5.76. The molecular weight excluding hydrogens is 254 g/mol. The van der Waals surface area contributed by atoms with Crippen LogP contribution in [0.4, 0.5) is 5.69 Å². The molecule has 1 aromatic heterocycles. The normalized spacial score (nSPS) is 10.1. The lowest BCUT2D eigenvalue weighted by Crippen LogP contribution is -2.05. The first kappa shape index (κ1) is 14.1. The van der Waals surface area contributed by atoms with Crippen LogP contribution in [-0.4, -0.2) is 23.2 Å². The minimum absolute atomic E-state index is 0.587. The fourth-order valence-corrected chi connectivity index (χ4v) is 1.79. The maximum Gasteiger partial charge on any atom is 0.142 e. The van der Waals surface area contributed by atoms with Gasteiger partial charge in [-0.25, -0.2) is 0 Å². The molecule has 0 aliphatic carbocycles. The second-order valence-electron chi connectivity index (χ2n) is 4.07. The van der Waals surface area contributed by atoms with Crippen LogP contribution in [0.5, 0.6) is 11.5 Å². The van der Waals surface area contributed by atoms with Gasteiger partial charge in [-0.05, 0) is 26.0 Å².